The molecule has 0 unspecified atom stereocenters. The third-order valence-electron chi connectivity index (χ3n) is 2.48. The summed E-state index contributed by atoms with van der Waals surface area (Å²) in [6, 6.07) is 1.77. The van der Waals surface area contributed by atoms with Crippen LogP contribution < -0.4 is 5.73 Å². The van der Waals surface area contributed by atoms with Gasteiger partial charge in [-0.15, -0.1) is 0 Å². The van der Waals surface area contributed by atoms with Crippen molar-refractivity contribution in [2.24, 2.45) is 0 Å². The van der Waals surface area contributed by atoms with Crippen molar-refractivity contribution in [1.82, 2.24) is 19.4 Å². The first-order chi connectivity index (χ1) is 8.18. The van der Waals surface area contributed by atoms with Gasteiger partial charge < -0.3 is 10.8 Å². The Kier molecular flexibility index (Phi) is 1.76. The van der Waals surface area contributed by atoms with Crippen molar-refractivity contribution in [2.75, 3.05) is 5.73 Å². The Labute approximate surface area is 94.6 Å². The van der Waals surface area contributed by atoms with E-state index in [9.17, 15) is 4.79 Å². The molecule has 0 radical (unpaired) electrons. The fraction of sp³-hybridized carbons (Fsp3) is 0. The highest BCUT2D eigenvalue weighted by Gasteiger charge is 2.17. The van der Waals surface area contributed by atoms with Gasteiger partial charge in [0.1, 0.15) is 0 Å². The van der Waals surface area contributed by atoms with Crippen molar-refractivity contribution >= 4 is 28.5 Å². The number of nitrogens with two attached hydrogens (primary N) is 1. The van der Waals surface area contributed by atoms with Crippen molar-refractivity contribution in [3.63, 3.8) is 0 Å². The average Bonchev–Trinajstić information content (AvgIpc) is 2.67. The molecule has 0 atom stereocenters. The molecule has 0 aromatic carbocycles. The number of carboxylic acid groups (broad SMARTS) is 1. The number of pyridine rings is 1. The third kappa shape index (κ3) is 1.22. The lowest BCUT2D eigenvalue weighted by molar-refractivity contribution is 0.0693. The van der Waals surface area contributed by atoms with Crippen LogP contribution in [-0.4, -0.2) is 30.4 Å². The van der Waals surface area contributed by atoms with Gasteiger partial charge in [0.05, 0.1) is 11.7 Å². The number of rotatable bonds is 1. The number of imidazole rings is 1. The molecule has 3 aromatic rings. The molecule has 0 saturated carbocycles. The van der Waals surface area contributed by atoms with Gasteiger partial charge in [-0.05, 0) is 6.07 Å². The SMILES string of the molecule is Nc1nc(C(=O)O)c2ncc3ccncc3n12. The summed E-state index contributed by atoms with van der Waals surface area (Å²) in [6.07, 6.45) is 4.79. The number of nitrogens with zero attached hydrogens (tertiary/aromatic N) is 4. The molecule has 17 heavy (non-hydrogen) atoms. The quantitative estimate of drug-likeness (QED) is 0.631. The highest BCUT2D eigenvalue weighted by Crippen LogP contribution is 2.19. The Balaban J connectivity index is 2.55. The van der Waals surface area contributed by atoms with Gasteiger partial charge >= 0.3 is 5.97 Å². The lowest BCUT2D eigenvalue weighted by Gasteiger charge is -2.01. The second-order valence-corrected chi connectivity index (χ2v) is 3.48. The molecule has 0 amide bonds. The molecule has 3 N–H and O–H groups in total. The molecule has 0 aliphatic carbocycles. The summed E-state index contributed by atoms with van der Waals surface area (Å²) in [4.78, 5) is 22.8. The van der Waals surface area contributed by atoms with E-state index in [0.717, 1.165) is 5.39 Å². The fourth-order valence-electron chi connectivity index (χ4n) is 1.75. The largest absolute Gasteiger partial charge is 0.476 e. The topological polar surface area (TPSA) is 106 Å². The van der Waals surface area contributed by atoms with Gasteiger partial charge in [0.2, 0.25) is 5.95 Å². The summed E-state index contributed by atoms with van der Waals surface area (Å²) >= 11 is 0. The number of hydrogen-bond acceptors (Lipinski definition) is 5. The van der Waals surface area contributed by atoms with Crippen LogP contribution in [0.15, 0.2) is 24.7 Å². The maximum atomic E-state index is 11.0. The van der Waals surface area contributed by atoms with E-state index in [2.05, 4.69) is 15.0 Å². The van der Waals surface area contributed by atoms with E-state index in [4.69, 9.17) is 10.8 Å². The lowest BCUT2D eigenvalue weighted by Crippen LogP contribution is -1.99. The van der Waals surface area contributed by atoms with Crippen molar-refractivity contribution in [2.45, 2.75) is 0 Å². The third-order valence-corrected chi connectivity index (χ3v) is 2.48. The van der Waals surface area contributed by atoms with Gasteiger partial charge in [-0.25, -0.2) is 14.8 Å². The van der Waals surface area contributed by atoms with Crippen molar-refractivity contribution in [3.8, 4) is 0 Å². The first kappa shape index (κ1) is 9.52. The maximum absolute atomic E-state index is 11.0. The highest BCUT2D eigenvalue weighted by atomic mass is 16.4. The Morgan fingerprint density at radius 3 is 3.00 bits per heavy atom. The van der Waals surface area contributed by atoms with Crippen LogP contribution in [0.25, 0.3) is 16.6 Å². The van der Waals surface area contributed by atoms with E-state index in [0.29, 0.717) is 5.52 Å². The monoisotopic (exact) mass is 229 g/mol. The molecular weight excluding hydrogens is 222 g/mol. The van der Waals surface area contributed by atoms with Crippen LogP contribution in [0.3, 0.4) is 0 Å². The van der Waals surface area contributed by atoms with Gasteiger partial charge in [0.25, 0.3) is 0 Å². The Bertz CT molecular complexity index is 749. The number of hydrogen-bond donors (Lipinski definition) is 2. The number of aromatic carboxylic acids is 1. The summed E-state index contributed by atoms with van der Waals surface area (Å²) in [6.45, 7) is 0. The van der Waals surface area contributed by atoms with E-state index in [1.807, 2.05) is 0 Å². The van der Waals surface area contributed by atoms with Crippen LogP contribution in [0, 0.1) is 0 Å². The van der Waals surface area contributed by atoms with Crippen molar-refractivity contribution in [3.05, 3.63) is 30.4 Å². The molecule has 7 nitrogen and oxygen atoms in total. The molecule has 0 saturated heterocycles. The smallest absolute Gasteiger partial charge is 0.358 e. The zero-order valence-electron chi connectivity index (χ0n) is 8.53. The van der Waals surface area contributed by atoms with E-state index in [1.54, 1.807) is 24.7 Å². The highest BCUT2D eigenvalue weighted by molar-refractivity contribution is 5.95. The van der Waals surface area contributed by atoms with E-state index in [1.165, 1.54) is 4.40 Å². The van der Waals surface area contributed by atoms with Crippen molar-refractivity contribution < 1.29 is 9.90 Å². The number of carbonyl (C=O) groups is 1. The molecule has 0 spiro atoms. The Hall–Kier alpha value is -2.70. The predicted octanol–water partition coefficient (Wildman–Crippen LogP) is 0.558. The summed E-state index contributed by atoms with van der Waals surface area (Å²) < 4.78 is 1.48. The van der Waals surface area contributed by atoms with E-state index in [-0.39, 0.29) is 17.3 Å². The maximum Gasteiger partial charge on any atom is 0.358 e. The second-order valence-electron chi connectivity index (χ2n) is 3.48. The number of nitrogen functional groups attached to an aromatic ring is 1. The van der Waals surface area contributed by atoms with Gasteiger partial charge in [0.15, 0.2) is 11.3 Å². The standard InChI is InChI=1S/C10H7N5O2/c11-10-14-7(9(16)17)8-13-3-5-1-2-12-4-6(5)15(8)10/h1-4H,(H2,11,14)(H,16,17). The summed E-state index contributed by atoms with van der Waals surface area (Å²) in [5.74, 6) is -1.07. The van der Waals surface area contributed by atoms with Gasteiger partial charge in [-0.3, -0.25) is 9.38 Å². The molecule has 3 aromatic heterocycles. The van der Waals surface area contributed by atoms with Crippen LogP contribution >= 0.6 is 0 Å². The number of carboxylic acids is 1. The lowest BCUT2D eigenvalue weighted by atomic mass is 10.3. The molecular formula is C10H7N5O2. The Morgan fingerprint density at radius 2 is 2.24 bits per heavy atom. The van der Waals surface area contributed by atoms with Crippen molar-refractivity contribution in [1.29, 1.82) is 0 Å². The number of fused-ring (bicyclic) bond motifs is 3. The second kappa shape index (κ2) is 3.14. The fourth-order valence-corrected chi connectivity index (χ4v) is 1.75. The molecule has 7 heteroatoms. The van der Waals surface area contributed by atoms with Crippen LogP contribution in [-0.2, 0) is 0 Å². The van der Waals surface area contributed by atoms with Gasteiger partial charge in [-0.2, -0.15) is 0 Å². The molecule has 3 heterocycles. The minimum atomic E-state index is -1.16. The van der Waals surface area contributed by atoms with Crippen LogP contribution in [0.4, 0.5) is 5.95 Å². The Morgan fingerprint density at radius 1 is 1.41 bits per heavy atom. The van der Waals surface area contributed by atoms with E-state index >= 15 is 0 Å². The van der Waals surface area contributed by atoms with Crippen LogP contribution in [0.2, 0.25) is 0 Å². The van der Waals surface area contributed by atoms with E-state index < -0.39 is 5.97 Å². The van der Waals surface area contributed by atoms with Gasteiger partial charge in [0, 0.05) is 17.8 Å². The summed E-state index contributed by atoms with van der Waals surface area (Å²) in [5.41, 5.74) is 6.44. The molecule has 0 aliphatic heterocycles. The molecule has 84 valence electrons. The first-order valence-corrected chi connectivity index (χ1v) is 4.78. The normalized spacial score (nSPS) is 11.1. The zero-order valence-corrected chi connectivity index (χ0v) is 8.53. The molecule has 0 fully saturated rings. The predicted molar refractivity (Wildman–Crippen MR) is 59.7 cm³/mol. The van der Waals surface area contributed by atoms with Crippen LogP contribution in [0.1, 0.15) is 10.5 Å². The minimum absolute atomic E-state index is 0.0866. The molecule has 3 rings (SSSR count). The number of anilines is 1. The molecule has 0 bridgehead atoms. The minimum Gasteiger partial charge on any atom is -0.476 e. The van der Waals surface area contributed by atoms with Crippen LogP contribution in [0.5, 0.6) is 0 Å². The molecule has 0 aliphatic rings. The summed E-state index contributed by atoms with van der Waals surface area (Å²) in [7, 11) is 0. The average molecular weight is 229 g/mol. The number of aromatic nitrogens is 4. The van der Waals surface area contributed by atoms with Gasteiger partial charge in [-0.1, -0.05) is 0 Å². The first-order valence-electron chi connectivity index (χ1n) is 4.78. The summed E-state index contributed by atoms with van der Waals surface area (Å²) in [5, 5.41) is 9.79. The zero-order chi connectivity index (χ0) is 12.0.